The summed E-state index contributed by atoms with van der Waals surface area (Å²) >= 11 is 16.1. The number of alkyl halides is 3. The van der Waals surface area contributed by atoms with Gasteiger partial charge in [0.15, 0.2) is 5.78 Å². The fourth-order valence-electron chi connectivity index (χ4n) is 1.47. The van der Waals surface area contributed by atoms with Crippen molar-refractivity contribution in [2.45, 2.75) is 16.8 Å². The molecule has 0 heterocycles. The van der Waals surface area contributed by atoms with Gasteiger partial charge in [0.05, 0.1) is 11.0 Å². The lowest BCUT2D eigenvalue weighted by Gasteiger charge is -2.15. The summed E-state index contributed by atoms with van der Waals surface area (Å²) in [5.41, 5.74) is -0.325. The van der Waals surface area contributed by atoms with E-state index in [0.29, 0.717) is 0 Å². The number of carbonyl (C=O) groups is 1. The van der Waals surface area contributed by atoms with E-state index in [9.17, 15) is 23.3 Å². The van der Waals surface area contributed by atoms with Gasteiger partial charge in [0, 0.05) is 17.7 Å². The summed E-state index contributed by atoms with van der Waals surface area (Å²) in [6, 6.07) is 3.64. The Morgan fingerprint density at radius 3 is 2.57 bits per heavy atom. The minimum atomic E-state index is -4.35. The number of nitrogens with zero attached hydrogens (tertiary/aromatic N) is 1. The summed E-state index contributed by atoms with van der Waals surface area (Å²) in [7, 11) is -4.35. The molecule has 0 saturated carbocycles. The van der Waals surface area contributed by atoms with Crippen LogP contribution in [0.25, 0.3) is 0 Å². The van der Waals surface area contributed by atoms with Gasteiger partial charge in [-0.3, -0.25) is 19.1 Å². The normalized spacial score (nSPS) is 13.6. The van der Waals surface area contributed by atoms with Gasteiger partial charge in [0.2, 0.25) is 3.79 Å². The molecule has 0 radical (unpaired) electrons. The molecule has 0 aromatic heterocycles. The van der Waals surface area contributed by atoms with Crippen LogP contribution in [0.4, 0.5) is 5.69 Å². The molecule has 0 aliphatic rings. The topological polar surface area (TPSA) is 116 Å². The lowest BCUT2D eigenvalue weighted by molar-refractivity contribution is -0.384. The molecule has 0 bridgehead atoms. The monoisotopic (exact) mass is 404 g/mol. The molecule has 1 aromatic rings. The first kappa shape index (κ1) is 20.1. The molecule has 0 fully saturated rings. The van der Waals surface area contributed by atoms with Gasteiger partial charge in [-0.05, 0) is 6.92 Å². The molecule has 23 heavy (non-hydrogen) atoms. The standard InChI is InChI=1S/C11H11Cl3N2O6S/c1-7(15-23(20,21)22-6-11(12,13)14)10(17)8-3-2-4-9(5-8)16(18)19/h2-5,7,15H,6H2,1H3. The van der Waals surface area contributed by atoms with Gasteiger partial charge in [-0.2, -0.15) is 13.1 Å². The van der Waals surface area contributed by atoms with E-state index in [-0.39, 0.29) is 11.3 Å². The first-order valence-electron chi connectivity index (χ1n) is 5.93. The highest BCUT2D eigenvalue weighted by molar-refractivity contribution is 7.84. The van der Waals surface area contributed by atoms with E-state index in [0.717, 1.165) is 6.07 Å². The van der Waals surface area contributed by atoms with Crippen LogP contribution in [0, 0.1) is 10.1 Å². The molecule has 0 aliphatic heterocycles. The zero-order valence-corrected chi connectivity index (χ0v) is 14.6. The molecular weight excluding hydrogens is 395 g/mol. The van der Waals surface area contributed by atoms with Gasteiger partial charge in [0.1, 0.15) is 6.61 Å². The van der Waals surface area contributed by atoms with Gasteiger partial charge >= 0.3 is 10.3 Å². The van der Waals surface area contributed by atoms with Crippen LogP contribution in [0.15, 0.2) is 24.3 Å². The Morgan fingerprint density at radius 2 is 2.04 bits per heavy atom. The first-order chi connectivity index (χ1) is 10.4. The summed E-state index contributed by atoms with van der Waals surface area (Å²) < 4.78 is 27.7. The summed E-state index contributed by atoms with van der Waals surface area (Å²) in [5.74, 6) is -0.685. The van der Waals surface area contributed by atoms with Gasteiger partial charge in [-0.25, -0.2) is 0 Å². The second kappa shape index (κ2) is 7.73. The van der Waals surface area contributed by atoms with Crippen molar-refractivity contribution in [2.75, 3.05) is 6.61 Å². The Balaban J connectivity index is 2.81. The van der Waals surface area contributed by atoms with E-state index < -0.39 is 37.5 Å². The van der Waals surface area contributed by atoms with Gasteiger partial charge in [0.25, 0.3) is 5.69 Å². The van der Waals surface area contributed by atoms with Crippen LogP contribution in [0.3, 0.4) is 0 Å². The molecule has 1 unspecified atom stereocenters. The predicted molar refractivity (Wildman–Crippen MR) is 85.2 cm³/mol. The van der Waals surface area contributed by atoms with Crippen molar-refractivity contribution in [3.63, 3.8) is 0 Å². The zero-order chi connectivity index (χ0) is 17.8. The maximum atomic E-state index is 12.1. The smallest absolute Gasteiger partial charge is 0.292 e. The minimum absolute atomic E-state index is 0.0317. The molecule has 0 spiro atoms. The molecule has 1 rings (SSSR count). The van der Waals surface area contributed by atoms with Gasteiger partial charge in [-0.1, -0.05) is 46.9 Å². The second-order valence-electron chi connectivity index (χ2n) is 4.34. The van der Waals surface area contributed by atoms with E-state index in [4.69, 9.17) is 34.8 Å². The van der Waals surface area contributed by atoms with Crippen molar-refractivity contribution in [3.8, 4) is 0 Å². The number of ketones is 1. The zero-order valence-electron chi connectivity index (χ0n) is 11.5. The number of non-ortho nitro benzene ring substituents is 1. The number of nitro groups is 1. The minimum Gasteiger partial charge on any atom is -0.292 e. The number of Topliss-reactive ketones (excluding diaryl/α,β-unsaturated/α-hetero) is 1. The summed E-state index contributed by atoms with van der Waals surface area (Å²) in [6.45, 7) is 0.502. The average Bonchev–Trinajstić information content (AvgIpc) is 2.43. The van der Waals surface area contributed by atoms with Crippen molar-refractivity contribution in [3.05, 3.63) is 39.9 Å². The Morgan fingerprint density at radius 1 is 1.43 bits per heavy atom. The maximum absolute atomic E-state index is 12.1. The molecule has 12 heteroatoms. The summed E-state index contributed by atoms with van der Waals surface area (Å²) in [5, 5.41) is 10.7. The van der Waals surface area contributed by atoms with Gasteiger partial charge < -0.3 is 0 Å². The Bertz CT molecular complexity index is 704. The molecule has 8 nitrogen and oxygen atoms in total. The fraction of sp³-hybridized carbons (Fsp3) is 0.364. The molecular formula is C11H11Cl3N2O6S. The molecule has 0 amide bonds. The number of hydrogen-bond donors (Lipinski definition) is 1. The van der Waals surface area contributed by atoms with E-state index >= 15 is 0 Å². The lowest BCUT2D eigenvalue weighted by atomic mass is 10.1. The van der Waals surface area contributed by atoms with E-state index in [1.54, 1.807) is 0 Å². The molecule has 1 N–H and O–H groups in total. The van der Waals surface area contributed by atoms with Crippen molar-refractivity contribution < 1.29 is 22.3 Å². The van der Waals surface area contributed by atoms with Gasteiger partial charge in [-0.15, -0.1) is 0 Å². The Kier molecular flexibility index (Phi) is 6.75. The molecule has 0 aliphatic carbocycles. The van der Waals surface area contributed by atoms with Crippen LogP contribution in [-0.2, 0) is 14.5 Å². The van der Waals surface area contributed by atoms with Crippen molar-refractivity contribution in [1.29, 1.82) is 0 Å². The molecule has 0 saturated heterocycles. The Labute approximate surface area is 147 Å². The van der Waals surface area contributed by atoms with Crippen molar-refractivity contribution >= 4 is 56.6 Å². The quantitative estimate of drug-likeness (QED) is 0.322. The SMILES string of the molecule is CC(NS(=O)(=O)OCC(Cl)(Cl)Cl)C(=O)c1cccc([N+](=O)[O-])c1. The number of hydrogen-bond acceptors (Lipinski definition) is 6. The Hall–Kier alpha value is -0.970. The third kappa shape index (κ3) is 6.98. The van der Waals surface area contributed by atoms with E-state index in [1.165, 1.54) is 25.1 Å². The lowest BCUT2D eigenvalue weighted by Crippen LogP contribution is -2.40. The number of rotatable bonds is 7. The molecule has 1 aromatic carbocycles. The van der Waals surface area contributed by atoms with Crippen molar-refractivity contribution in [1.82, 2.24) is 4.72 Å². The largest absolute Gasteiger partial charge is 0.336 e. The van der Waals surface area contributed by atoms with E-state index in [2.05, 4.69) is 4.18 Å². The van der Waals surface area contributed by atoms with Crippen LogP contribution >= 0.6 is 34.8 Å². The van der Waals surface area contributed by atoms with Crippen LogP contribution < -0.4 is 4.72 Å². The van der Waals surface area contributed by atoms with Crippen LogP contribution in [0.2, 0.25) is 0 Å². The van der Waals surface area contributed by atoms with Crippen LogP contribution in [0.1, 0.15) is 17.3 Å². The third-order valence-electron chi connectivity index (χ3n) is 2.43. The van der Waals surface area contributed by atoms with Crippen LogP contribution in [0.5, 0.6) is 0 Å². The van der Waals surface area contributed by atoms with Crippen LogP contribution in [-0.4, -0.2) is 35.6 Å². The highest BCUT2D eigenvalue weighted by atomic mass is 35.6. The van der Waals surface area contributed by atoms with Crippen molar-refractivity contribution in [2.24, 2.45) is 0 Å². The number of nitro benzene ring substituents is 1. The molecule has 128 valence electrons. The first-order valence-corrected chi connectivity index (χ1v) is 8.47. The summed E-state index contributed by atoms with van der Waals surface area (Å²) in [6.07, 6.45) is 0. The fourth-order valence-corrected chi connectivity index (χ4v) is 2.77. The average molecular weight is 406 g/mol. The number of halogens is 3. The molecule has 1 atom stereocenters. The highest BCUT2D eigenvalue weighted by Crippen LogP contribution is 2.26. The number of nitrogens with one attached hydrogen (secondary N) is 1. The predicted octanol–water partition coefficient (Wildman–Crippen LogP) is 2.39. The number of benzene rings is 1. The summed E-state index contributed by atoms with van der Waals surface area (Å²) in [4.78, 5) is 22.1. The number of carbonyl (C=O) groups excluding carboxylic acids is 1. The van der Waals surface area contributed by atoms with E-state index in [1.807, 2.05) is 4.72 Å². The second-order valence-corrected chi connectivity index (χ2v) is 8.24. The maximum Gasteiger partial charge on any atom is 0.336 e. The third-order valence-corrected chi connectivity index (χ3v) is 3.83. The highest BCUT2D eigenvalue weighted by Gasteiger charge is 2.27.